The quantitative estimate of drug-likeness (QED) is 0.772. The molecule has 0 bridgehead atoms. The van der Waals surface area contributed by atoms with Crippen molar-refractivity contribution in [3.05, 3.63) is 28.8 Å². The molecule has 0 radical (unpaired) electrons. The number of piperazine rings is 1. The van der Waals surface area contributed by atoms with E-state index in [9.17, 15) is 13.2 Å². The highest BCUT2D eigenvalue weighted by Gasteiger charge is 2.29. The van der Waals surface area contributed by atoms with Gasteiger partial charge in [0.2, 0.25) is 5.91 Å². The normalized spacial score (nSPS) is 23.0. The lowest BCUT2D eigenvalue weighted by Gasteiger charge is -2.37. The Morgan fingerprint density at radius 2 is 2.00 bits per heavy atom. The van der Waals surface area contributed by atoms with Crippen LogP contribution in [0, 0.1) is 6.92 Å². The number of halogens is 1. The fourth-order valence-corrected chi connectivity index (χ4v) is 7.00. The lowest BCUT2D eigenvalue weighted by molar-refractivity contribution is -0.128. The maximum Gasteiger partial charge on any atom is 0.232 e. The van der Waals surface area contributed by atoms with E-state index in [0.29, 0.717) is 25.3 Å². The van der Waals surface area contributed by atoms with Gasteiger partial charge in [0, 0.05) is 42.1 Å². The summed E-state index contributed by atoms with van der Waals surface area (Å²) in [5.41, 5.74) is 2.31. The summed E-state index contributed by atoms with van der Waals surface area (Å²) in [6, 6.07) is 5.88. The van der Waals surface area contributed by atoms with Crippen molar-refractivity contribution in [1.29, 1.82) is 0 Å². The van der Waals surface area contributed by atoms with E-state index in [1.54, 1.807) is 0 Å². The van der Waals surface area contributed by atoms with E-state index in [0.717, 1.165) is 23.8 Å². The predicted molar refractivity (Wildman–Crippen MR) is 104 cm³/mol. The van der Waals surface area contributed by atoms with Crippen LogP contribution in [0.4, 0.5) is 5.69 Å². The van der Waals surface area contributed by atoms with Crippen LogP contribution >= 0.6 is 23.4 Å². The van der Waals surface area contributed by atoms with Crippen LogP contribution in [0.3, 0.4) is 0 Å². The molecule has 1 aromatic rings. The van der Waals surface area contributed by atoms with E-state index in [2.05, 4.69) is 11.8 Å². The molecule has 2 aliphatic heterocycles. The van der Waals surface area contributed by atoms with Gasteiger partial charge in [-0.1, -0.05) is 17.7 Å². The first-order valence-electron chi connectivity index (χ1n) is 8.45. The molecule has 5 nitrogen and oxygen atoms in total. The van der Waals surface area contributed by atoms with Crippen LogP contribution in [0.1, 0.15) is 12.0 Å². The van der Waals surface area contributed by atoms with Crippen molar-refractivity contribution in [2.75, 3.05) is 48.3 Å². The summed E-state index contributed by atoms with van der Waals surface area (Å²) < 4.78 is 23.0. The first-order valence-corrected chi connectivity index (χ1v) is 11.7. The van der Waals surface area contributed by atoms with Gasteiger partial charge in [0.15, 0.2) is 9.84 Å². The number of carbonyl (C=O) groups excluding carboxylic acids is 1. The summed E-state index contributed by atoms with van der Waals surface area (Å²) in [5, 5.41) is 0.798. The van der Waals surface area contributed by atoms with Gasteiger partial charge in [0.25, 0.3) is 0 Å². The van der Waals surface area contributed by atoms with E-state index in [1.807, 2.05) is 23.1 Å². The largest absolute Gasteiger partial charge is 0.368 e. The lowest BCUT2D eigenvalue weighted by atomic mass is 10.1. The number of carbonyl (C=O) groups is 1. The monoisotopic (exact) mass is 402 g/mol. The van der Waals surface area contributed by atoms with Crippen molar-refractivity contribution >= 4 is 44.8 Å². The van der Waals surface area contributed by atoms with Crippen LogP contribution in [0.25, 0.3) is 0 Å². The molecule has 0 aromatic heterocycles. The number of hydrogen-bond acceptors (Lipinski definition) is 5. The molecule has 1 amide bonds. The van der Waals surface area contributed by atoms with Crippen molar-refractivity contribution in [3.8, 4) is 0 Å². The number of nitrogens with zero attached hydrogens (tertiary/aromatic N) is 2. The molecule has 0 saturated carbocycles. The fourth-order valence-electron chi connectivity index (χ4n) is 3.29. The Morgan fingerprint density at radius 3 is 2.64 bits per heavy atom. The zero-order valence-electron chi connectivity index (χ0n) is 14.3. The average molecular weight is 403 g/mol. The summed E-state index contributed by atoms with van der Waals surface area (Å²) in [6.45, 7) is 5.02. The molecule has 0 unspecified atom stereocenters. The highest BCUT2D eigenvalue weighted by Crippen LogP contribution is 2.27. The van der Waals surface area contributed by atoms with Crippen molar-refractivity contribution in [3.63, 3.8) is 0 Å². The van der Waals surface area contributed by atoms with E-state index in [1.165, 1.54) is 17.3 Å². The molecule has 0 aliphatic carbocycles. The standard InChI is InChI=1S/C17H23ClN2O3S2/c1-13-2-3-14(18)10-16(13)19-5-7-20(8-6-19)17(21)11-24-15-4-9-25(22,23)12-15/h2-3,10,15H,4-9,11-12H2,1H3/t15-/m0/s1. The Balaban J connectivity index is 1.48. The highest BCUT2D eigenvalue weighted by atomic mass is 35.5. The highest BCUT2D eigenvalue weighted by molar-refractivity contribution is 8.02. The van der Waals surface area contributed by atoms with Gasteiger partial charge < -0.3 is 9.80 Å². The molecule has 138 valence electrons. The Labute approximate surface area is 158 Å². The van der Waals surface area contributed by atoms with Crippen molar-refractivity contribution in [2.45, 2.75) is 18.6 Å². The van der Waals surface area contributed by atoms with Crippen molar-refractivity contribution in [1.82, 2.24) is 4.90 Å². The average Bonchev–Trinajstić information content (AvgIpc) is 2.94. The topological polar surface area (TPSA) is 57.7 Å². The number of sulfone groups is 1. The van der Waals surface area contributed by atoms with Gasteiger partial charge in [-0.05, 0) is 31.0 Å². The van der Waals surface area contributed by atoms with Gasteiger partial charge >= 0.3 is 0 Å². The van der Waals surface area contributed by atoms with E-state index < -0.39 is 9.84 Å². The van der Waals surface area contributed by atoms with E-state index in [4.69, 9.17) is 11.6 Å². The van der Waals surface area contributed by atoms with Crippen LogP contribution in [0.2, 0.25) is 5.02 Å². The molecule has 3 rings (SSSR count). The van der Waals surface area contributed by atoms with Crippen molar-refractivity contribution < 1.29 is 13.2 Å². The summed E-state index contributed by atoms with van der Waals surface area (Å²) in [7, 11) is -2.88. The van der Waals surface area contributed by atoms with Gasteiger partial charge in [0.05, 0.1) is 17.3 Å². The number of anilines is 1. The number of rotatable bonds is 4. The summed E-state index contributed by atoms with van der Waals surface area (Å²) in [4.78, 5) is 16.5. The van der Waals surface area contributed by atoms with Gasteiger partial charge in [-0.2, -0.15) is 0 Å². The molecule has 2 heterocycles. The minimum atomic E-state index is -2.88. The minimum Gasteiger partial charge on any atom is -0.368 e. The third-order valence-corrected chi connectivity index (χ3v) is 8.28. The first kappa shape index (κ1) is 18.9. The molecule has 25 heavy (non-hydrogen) atoms. The second kappa shape index (κ2) is 7.76. The number of hydrogen-bond donors (Lipinski definition) is 0. The van der Waals surface area contributed by atoms with Gasteiger partial charge in [-0.25, -0.2) is 8.42 Å². The van der Waals surface area contributed by atoms with Gasteiger partial charge in [-0.15, -0.1) is 11.8 Å². The van der Waals surface area contributed by atoms with E-state index in [-0.39, 0.29) is 22.7 Å². The molecular formula is C17H23ClN2O3S2. The molecular weight excluding hydrogens is 380 g/mol. The van der Waals surface area contributed by atoms with E-state index >= 15 is 0 Å². The SMILES string of the molecule is Cc1ccc(Cl)cc1N1CCN(C(=O)CS[C@H]2CCS(=O)(=O)C2)CC1. The zero-order chi connectivity index (χ0) is 18.0. The molecule has 0 N–H and O–H groups in total. The first-order chi connectivity index (χ1) is 11.8. The molecule has 1 atom stereocenters. The van der Waals surface area contributed by atoms with Crippen LogP contribution in [-0.2, 0) is 14.6 Å². The van der Waals surface area contributed by atoms with Crippen LogP contribution in [-0.4, -0.2) is 67.9 Å². The maximum absolute atomic E-state index is 12.4. The van der Waals surface area contributed by atoms with Crippen LogP contribution < -0.4 is 4.90 Å². The van der Waals surface area contributed by atoms with Crippen LogP contribution in [0.15, 0.2) is 18.2 Å². The maximum atomic E-state index is 12.4. The predicted octanol–water partition coefficient (Wildman–Crippen LogP) is 2.22. The number of thioether (sulfide) groups is 1. The summed E-state index contributed by atoms with van der Waals surface area (Å²) in [5.74, 6) is 0.955. The molecule has 2 aliphatic rings. The second-order valence-electron chi connectivity index (χ2n) is 6.63. The molecule has 2 fully saturated rings. The smallest absolute Gasteiger partial charge is 0.232 e. The lowest BCUT2D eigenvalue weighted by Crippen LogP contribution is -2.49. The van der Waals surface area contributed by atoms with Crippen LogP contribution in [0.5, 0.6) is 0 Å². The zero-order valence-corrected chi connectivity index (χ0v) is 16.7. The Hall–Kier alpha value is -0.920. The Bertz CT molecular complexity index is 746. The third-order valence-electron chi connectivity index (χ3n) is 4.78. The minimum absolute atomic E-state index is 0.0735. The number of amides is 1. The molecule has 2 saturated heterocycles. The second-order valence-corrected chi connectivity index (χ2v) is 10.6. The molecule has 1 aromatic carbocycles. The summed E-state index contributed by atoms with van der Waals surface area (Å²) >= 11 is 7.59. The molecule has 0 spiro atoms. The van der Waals surface area contributed by atoms with Crippen molar-refractivity contribution in [2.24, 2.45) is 0 Å². The Morgan fingerprint density at radius 1 is 1.28 bits per heavy atom. The van der Waals surface area contributed by atoms with Gasteiger partial charge in [-0.3, -0.25) is 4.79 Å². The molecule has 8 heteroatoms. The summed E-state index contributed by atoms with van der Waals surface area (Å²) in [6.07, 6.45) is 0.669. The van der Waals surface area contributed by atoms with Gasteiger partial charge in [0.1, 0.15) is 0 Å². The number of aryl methyl sites for hydroxylation is 1. The third kappa shape index (κ3) is 4.83. The fraction of sp³-hybridized carbons (Fsp3) is 0.588. The Kier molecular flexibility index (Phi) is 5.85. The number of benzene rings is 1.